The van der Waals surface area contributed by atoms with E-state index in [4.69, 9.17) is 5.73 Å². The van der Waals surface area contributed by atoms with Crippen LogP contribution in [-0.4, -0.2) is 15.0 Å². The van der Waals surface area contributed by atoms with Crippen LogP contribution in [0.2, 0.25) is 0 Å². The van der Waals surface area contributed by atoms with Gasteiger partial charge in [-0.3, -0.25) is 4.98 Å². The van der Waals surface area contributed by atoms with Gasteiger partial charge >= 0.3 is 0 Å². The van der Waals surface area contributed by atoms with Crippen LogP contribution in [0.1, 0.15) is 11.3 Å². The number of aromatic amines is 1. The number of nitrogens with two attached hydrogens (primary N) is 1. The highest BCUT2D eigenvalue weighted by atomic mass is 14.9. The number of hydrogen-bond acceptors (Lipinski definition) is 3. The maximum atomic E-state index is 5.58. The molecular weight excluding hydrogens is 224 g/mol. The number of hydrogen-bond donors (Lipinski definition) is 2. The van der Waals surface area contributed by atoms with Gasteiger partial charge in [0.25, 0.3) is 0 Å². The molecule has 2 heterocycles. The molecule has 0 aliphatic rings. The summed E-state index contributed by atoms with van der Waals surface area (Å²) in [6.07, 6.45) is 3.44. The van der Waals surface area contributed by atoms with Crippen molar-refractivity contribution in [1.29, 1.82) is 0 Å². The lowest BCUT2D eigenvalue weighted by Crippen LogP contribution is -2.01. The number of rotatable bonds is 2. The second-order valence-electron chi connectivity index (χ2n) is 4.32. The highest BCUT2D eigenvalue weighted by molar-refractivity contribution is 5.87. The Morgan fingerprint density at radius 1 is 1.28 bits per heavy atom. The number of aryl methyl sites for hydroxylation is 1. The van der Waals surface area contributed by atoms with Crippen molar-refractivity contribution in [2.75, 3.05) is 0 Å². The molecule has 0 aliphatic carbocycles. The van der Waals surface area contributed by atoms with Gasteiger partial charge in [0, 0.05) is 23.6 Å². The van der Waals surface area contributed by atoms with Crippen molar-refractivity contribution in [1.82, 2.24) is 15.0 Å². The normalized spacial score (nSPS) is 11.0. The maximum Gasteiger partial charge on any atom is 0.105 e. The second-order valence-corrected chi connectivity index (χ2v) is 4.32. The number of benzene rings is 1. The van der Waals surface area contributed by atoms with Crippen molar-refractivity contribution < 1.29 is 0 Å². The van der Waals surface area contributed by atoms with E-state index < -0.39 is 0 Å². The van der Waals surface area contributed by atoms with Gasteiger partial charge < -0.3 is 10.7 Å². The van der Waals surface area contributed by atoms with Gasteiger partial charge in [-0.05, 0) is 18.6 Å². The van der Waals surface area contributed by atoms with Crippen molar-refractivity contribution in [3.63, 3.8) is 0 Å². The molecule has 0 bridgehead atoms. The van der Waals surface area contributed by atoms with E-state index in [1.165, 1.54) is 10.9 Å². The van der Waals surface area contributed by atoms with Gasteiger partial charge in [-0.15, -0.1) is 0 Å². The van der Waals surface area contributed by atoms with E-state index in [-0.39, 0.29) is 0 Å². The quantitative estimate of drug-likeness (QED) is 0.720. The fourth-order valence-corrected chi connectivity index (χ4v) is 2.08. The SMILES string of the molecule is Cc1cccc2cc(-c3cncc(CN)n3)[nH]c12. The molecule has 4 nitrogen and oxygen atoms in total. The Kier molecular flexibility index (Phi) is 2.57. The van der Waals surface area contributed by atoms with Crippen molar-refractivity contribution >= 4 is 10.9 Å². The first kappa shape index (κ1) is 10.9. The van der Waals surface area contributed by atoms with Crippen molar-refractivity contribution in [3.8, 4) is 11.4 Å². The Morgan fingerprint density at radius 3 is 2.94 bits per heavy atom. The number of para-hydroxylation sites is 1. The monoisotopic (exact) mass is 238 g/mol. The average Bonchev–Trinajstić information content (AvgIpc) is 2.84. The molecule has 3 rings (SSSR count). The number of nitrogens with one attached hydrogen (secondary N) is 1. The van der Waals surface area contributed by atoms with Gasteiger partial charge in [-0.1, -0.05) is 18.2 Å². The number of nitrogens with zero attached hydrogens (tertiary/aromatic N) is 2. The molecule has 0 aliphatic heterocycles. The first-order valence-corrected chi connectivity index (χ1v) is 5.87. The summed E-state index contributed by atoms with van der Waals surface area (Å²) in [5, 5.41) is 1.19. The molecule has 3 N–H and O–H groups in total. The molecule has 0 saturated heterocycles. The van der Waals surface area contributed by atoms with Gasteiger partial charge in [0.2, 0.25) is 0 Å². The lowest BCUT2D eigenvalue weighted by Gasteiger charge is -1.99. The summed E-state index contributed by atoms with van der Waals surface area (Å²) in [4.78, 5) is 12.0. The third-order valence-corrected chi connectivity index (χ3v) is 3.03. The third-order valence-electron chi connectivity index (χ3n) is 3.03. The lowest BCUT2D eigenvalue weighted by molar-refractivity contribution is 0.965. The summed E-state index contributed by atoms with van der Waals surface area (Å²) < 4.78 is 0. The molecule has 0 atom stereocenters. The Morgan fingerprint density at radius 2 is 2.17 bits per heavy atom. The molecule has 18 heavy (non-hydrogen) atoms. The van der Waals surface area contributed by atoms with Crippen LogP contribution in [0.5, 0.6) is 0 Å². The van der Waals surface area contributed by atoms with Crippen LogP contribution in [-0.2, 0) is 6.54 Å². The Bertz CT molecular complexity index is 700. The minimum Gasteiger partial charge on any atom is -0.353 e. The zero-order valence-electron chi connectivity index (χ0n) is 10.1. The molecule has 0 radical (unpaired) electrons. The maximum absolute atomic E-state index is 5.58. The van der Waals surface area contributed by atoms with E-state index >= 15 is 0 Å². The van der Waals surface area contributed by atoms with Crippen LogP contribution in [0.25, 0.3) is 22.3 Å². The first-order valence-electron chi connectivity index (χ1n) is 5.87. The van der Waals surface area contributed by atoms with Crippen molar-refractivity contribution in [2.24, 2.45) is 5.73 Å². The van der Waals surface area contributed by atoms with Crippen LogP contribution in [0, 0.1) is 6.92 Å². The molecule has 0 saturated carbocycles. The Balaban J connectivity index is 2.16. The van der Waals surface area contributed by atoms with Crippen LogP contribution in [0.15, 0.2) is 36.7 Å². The third kappa shape index (κ3) is 1.76. The largest absolute Gasteiger partial charge is 0.353 e. The highest BCUT2D eigenvalue weighted by Crippen LogP contribution is 2.24. The van der Waals surface area contributed by atoms with Crippen LogP contribution >= 0.6 is 0 Å². The lowest BCUT2D eigenvalue weighted by atomic mass is 10.2. The van der Waals surface area contributed by atoms with E-state index in [2.05, 4.69) is 46.1 Å². The summed E-state index contributed by atoms with van der Waals surface area (Å²) in [5.74, 6) is 0. The van der Waals surface area contributed by atoms with E-state index in [1.807, 2.05) is 0 Å². The number of fused-ring (bicyclic) bond motifs is 1. The van der Waals surface area contributed by atoms with E-state index in [0.717, 1.165) is 22.6 Å². The molecule has 90 valence electrons. The summed E-state index contributed by atoms with van der Waals surface area (Å²) in [6.45, 7) is 2.49. The fourth-order valence-electron chi connectivity index (χ4n) is 2.08. The number of H-pyrrole nitrogens is 1. The van der Waals surface area contributed by atoms with Crippen molar-refractivity contribution in [2.45, 2.75) is 13.5 Å². The molecule has 1 aromatic carbocycles. The summed E-state index contributed by atoms with van der Waals surface area (Å²) in [6, 6.07) is 8.32. The molecule has 2 aromatic heterocycles. The van der Waals surface area contributed by atoms with Crippen LogP contribution < -0.4 is 5.73 Å². The Labute approximate surface area is 105 Å². The zero-order chi connectivity index (χ0) is 12.5. The molecule has 0 unspecified atom stereocenters. The predicted octanol–water partition coefficient (Wildman–Crippen LogP) is 2.39. The van der Waals surface area contributed by atoms with Gasteiger partial charge in [0.15, 0.2) is 0 Å². The first-order chi connectivity index (χ1) is 8.78. The van der Waals surface area contributed by atoms with E-state index in [1.54, 1.807) is 12.4 Å². The number of aromatic nitrogens is 3. The topological polar surface area (TPSA) is 67.6 Å². The standard InChI is InChI=1S/C14H14N4/c1-9-3-2-4-10-5-12(18-14(9)10)13-8-16-7-11(6-15)17-13/h2-5,7-8,18H,6,15H2,1H3. The van der Waals surface area contributed by atoms with E-state index in [9.17, 15) is 0 Å². The second kappa shape index (κ2) is 4.23. The van der Waals surface area contributed by atoms with Crippen molar-refractivity contribution in [3.05, 3.63) is 47.9 Å². The summed E-state index contributed by atoms with van der Waals surface area (Å²) in [5.41, 5.74) is 10.5. The molecule has 0 fully saturated rings. The van der Waals surface area contributed by atoms with Gasteiger partial charge in [-0.2, -0.15) is 0 Å². The molecule has 0 spiro atoms. The van der Waals surface area contributed by atoms with E-state index in [0.29, 0.717) is 6.54 Å². The van der Waals surface area contributed by atoms with Gasteiger partial charge in [0.05, 0.1) is 17.6 Å². The highest BCUT2D eigenvalue weighted by Gasteiger charge is 2.06. The summed E-state index contributed by atoms with van der Waals surface area (Å²) >= 11 is 0. The van der Waals surface area contributed by atoms with Gasteiger partial charge in [-0.25, -0.2) is 4.98 Å². The smallest absolute Gasteiger partial charge is 0.105 e. The molecule has 4 heteroatoms. The predicted molar refractivity (Wildman–Crippen MR) is 72.0 cm³/mol. The summed E-state index contributed by atoms with van der Waals surface area (Å²) in [7, 11) is 0. The molecule has 0 amide bonds. The zero-order valence-corrected chi connectivity index (χ0v) is 10.1. The van der Waals surface area contributed by atoms with Crippen LogP contribution in [0.4, 0.5) is 0 Å². The minimum absolute atomic E-state index is 0.403. The van der Waals surface area contributed by atoms with Gasteiger partial charge in [0.1, 0.15) is 5.69 Å². The van der Waals surface area contributed by atoms with Crippen LogP contribution in [0.3, 0.4) is 0 Å². The minimum atomic E-state index is 0.403. The Hall–Kier alpha value is -2.20. The fraction of sp³-hybridized carbons (Fsp3) is 0.143. The molecule has 3 aromatic rings. The molecular formula is C14H14N4. The average molecular weight is 238 g/mol.